The summed E-state index contributed by atoms with van der Waals surface area (Å²) in [6.07, 6.45) is 4.05. The predicted molar refractivity (Wildman–Crippen MR) is 87.4 cm³/mol. The van der Waals surface area contributed by atoms with Gasteiger partial charge in [-0.25, -0.2) is 4.98 Å². The Morgan fingerprint density at radius 3 is 2.95 bits per heavy atom. The molecule has 1 spiro atoms. The zero-order valence-electron chi connectivity index (χ0n) is 13.4. The van der Waals surface area contributed by atoms with Crippen LogP contribution in [0.25, 0.3) is 0 Å². The Morgan fingerprint density at radius 2 is 2.32 bits per heavy atom. The largest absolute Gasteiger partial charge is 0.375 e. The Bertz CT molecular complexity index is 521. The minimum atomic E-state index is -0.0232. The molecule has 6 heteroatoms. The SMILES string of the molecule is CCNC1CCOC2(CCN(C(=O)c3scnc3C)CC2)C1. The molecule has 3 rings (SSSR count). The molecule has 3 heterocycles. The fraction of sp³-hybridized carbons (Fsp3) is 0.750. The summed E-state index contributed by atoms with van der Waals surface area (Å²) in [6, 6.07) is 0.560. The van der Waals surface area contributed by atoms with Crippen LogP contribution in [0.15, 0.2) is 5.51 Å². The van der Waals surface area contributed by atoms with Gasteiger partial charge in [-0.05, 0) is 39.2 Å². The average molecular weight is 323 g/mol. The highest BCUT2D eigenvalue weighted by Gasteiger charge is 2.41. The Hall–Kier alpha value is -0.980. The van der Waals surface area contributed by atoms with Crippen LogP contribution in [-0.2, 0) is 4.74 Å². The first kappa shape index (κ1) is 15.9. The van der Waals surface area contributed by atoms with Gasteiger partial charge in [-0.3, -0.25) is 4.79 Å². The molecule has 2 saturated heterocycles. The van der Waals surface area contributed by atoms with Gasteiger partial charge in [0.05, 0.1) is 16.8 Å². The third-order valence-electron chi connectivity index (χ3n) is 4.89. The second kappa shape index (κ2) is 6.64. The van der Waals surface area contributed by atoms with Gasteiger partial charge in [-0.1, -0.05) is 6.92 Å². The van der Waals surface area contributed by atoms with E-state index in [-0.39, 0.29) is 11.5 Å². The van der Waals surface area contributed by atoms with Crippen LogP contribution >= 0.6 is 11.3 Å². The third-order valence-corrected chi connectivity index (χ3v) is 5.80. The van der Waals surface area contributed by atoms with E-state index < -0.39 is 0 Å². The number of piperidine rings is 1. The van der Waals surface area contributed by atoms with Gasteiger partial charge in [-0.15, -0.1) is 11.3 Å². The van der Waals surface area contributed by atoms with Crippen molar-refractivity contribution in [1.29, 1.82) is 0 Å². The maximum Gasteiger partial charge on any atom is 0.265 e. The van der Waals surface area contributed by atoms with Crippen molar-refractivity contribution in [3.8, 4) is 0 Å². The third kappa shape index (κ3) is 3.19. The smallest absolute Gasteiger partial charge is 0.265 e. The molecule has 2 aliphatic rings. The van der Waals surface area contributed by atoms with Crippen LogP contribution in [0.3, 0.4) is 0 Å². The first-order chi connectivity index (χ1) is 10.6. The van der Waals surface area contributed by atoms with Crippen molar-refractivity contribution < 1.29 is 9.53 Å². The van der Waals surface area contributed by atoms with Crippen molar-refractivity contribution >= 4 is 17.2 Å². The van der Waals surface area contributed by atoms with E-state index in [0.717, 1.165) is 62.5 Å². The molecule has 2 aliphatic heterocycles. The molecule has 22 heavy (non-hydrogen) atoms. The summed E-state index contributed by atoms with van der Waals surface area (Å²) in [5.74, 6) is 0.133. The second-order valence-electron chi connectivity index (χ2n) is 6.34. The van der Waals surface area contributed by atoms with Crippen molar-refractivity contribution in [2.75, 3.05) is 26.2 Å². The molecule has 0 radical (unpaired) electrons. The average Bonchev–Trinajstić information content (AvgIpc) is 2.94. The molecular formula is C16H25N3O2S. The van der Waals surface area contributed by atoms with Gasteiger partial charge in [0, 0.05) is 25.7 Å². The van der Waals surface area contributed by atoms with Crippen LogP contribution in [0.2, 0.25) is 0 Å². The zero-order valence-corrected chi connectivity index (χ0v) is 14.2. The van der Waals surface area contributed by atoms with Crippen LogP contribution in [0, 0.1) is 6.92 Å². The fourth-order valence-electron chi connectivity index (χ4n) is 3.61. The lowest BCUT2D eigenvalue weighted by Gasteiger charge is -2.46. The molecule has 2 fully saturated rings. The molecule has 0 bridgehead atoms. The van der Waals surface area contributed by atoms with Gasteiger partial charge in [0.1, 0.15) is 4.88 Å². The molecule has 5 nitrogen and oxygen atoms in total. The van der Waals surface area contributed by atoms with E-state index in [1.54, 1.807) is 5.51 Å². The van der Waals surface area contributed by atoms with Crippen molar-refractivity contribution in [1.82, 2.24) is 15.2 Å². The van der Waals surface area contributed by atoms with E-state index in [1.165, 1.54) is 11.3 Å². The molecule has 1 aromatic heterocycles. The van der Waals surface area contributed by atoms with Crippen molar-refractivity contribution in [3.05, 3.63) is 16.1 Å². The number of ether oxygens (including phenoxy) is 1. The van der Waals surface area contributed by atoms with Gasteiger partial charge >= 0.3 is 0 Å². The van der Waals surface area contributed by atoms with Crippen LogP contribution in [0.1, 0.15) is 48.0 Å². The van der Waals surface area contributed by atoms with E-state index in [2.05, 4.69) is 17.2 Å². The Morgan fingerprint density at radius 1 is 1.55 bits per heavy atom. The van der Waals surface area contributed by atoms with E-state index in [4.69, 9.17) is 4.74 Å². The molecular weight excluding hydrogens is 298 g/mol. The van der Waals surface area contributed by atoms with Gasteiger partial charge in [0.2, 0.25) is 0 Å². The highest BCUT2D eigenvalue weighted by atomic mass is 32.1. The monoisotopic (exact) mass is 323 g/mol. The van der Waals surface area contributed by atoms with Crippen molar-refractivity contribution in [2.45, 2.75) is 51.2 Å². The lowest BCUT2D eigenvalue weighted by atomic mass is 9.82. The summed E-state index contributed by atoms with van der Waals surface area (Å²) in [7, 11) is 0. The highest BCUT2D eigenvalue weighted by molar-refractivity contribution is 7.11. The number of carbonyl (C=O) groups excluding carboxylic acids is 1. The number of amides is 1. The predicted octanol–water partition coefficient (Wildman–Crippen LogP) is 2.21. The first-order valence-electron chi connectivity index (χ1n) is 8.20. The topological polar surface area (TPSA) is 54.5 Å². The number of aromatic nitrogens is 1. The van der Waals surface area contributed by atoms with Gasteiger partial charge < -0.3 is 15.0 Å². The molecule has 1 unspecified atom stereocenters. The van der Waals surface area contributed by atoms with Crippen LogP contribution in [0.4, 0.5) is 0 Å². The van der Waals surface area contributed by atoms with E-state index >= 15 is 0 Å². The number of carbonyl (C=O) groups is 1. The molecule has 1 atom stereocenters. The molecule has 0 aliphatic carbocycles. The molecule has 1 N–H and O–H groups in total. The van der Waals surface area contributed by atoms with Crippen LogP contribution in [-0.4, -0.2) is 53.7 Å². The number of hydrogen-bond donors (Lipinski definition) is 1. The number of nitrogens with one attached hydrogen (secondary N) is 1. The number of thiazole rings is 1. The summed E-state index contributed by atoms with van der Waals surface area (Å²) in [6.45, 7) is 7.47. The Labute approximate surface area is 136 Å². The Kier molecular flexibility index (Phi) is 4.80. The molecule has 1 aromatic rings. The molecule has 1 amide bonds. The first-order valence-corrected chi connectivity index (χ1v) is 9.08. The second-order valence-corrected chi connectivity index (χ2v) is 7.19. The van der Waals surface area contributed by atoms with Crippen molar-refractivity contribution in [3.63, 3.8) is 0 Å². The van der Waals surface area contributed by atoms with Gasteiger partial charge in [0.25, 0.3) is 5.91 Å². The summed E-state index contributed by atoms with van der Waals surface area (Å²) >= 11 is 1.44. The lowest BCUT2D eigenvalue weighted by molar-refractivity contribution is -0.115. The minimum absolute atomic E-state index is 0.0232. The molecule has 0 aromatic carbocycles. The standard InChI is InChI=1S/C16H25N3O2S/c1-3-17-13-4-9-21-16(10-13)5-7-19(8-6-16)15(20)14-12(2)18-11-22-14/h11,13,17H,3-10H2,1-2H3. The minimum Gasteiger partial charge on any atom is -0.375 e. The molecule has 0 saturated carbocycles. The highest BCUT2D eigenvalue weighted by Crippen LogP contribution is 2.35. The van der Waals surface area contributed by atoms with E-state index in [9.17, 15) is 4.79 Å². The number of hydrogen-bond acceptors (Lipinski definition) is 5. The van der Waals surface area contributed by atoms with Gasteiger partial charge in [0.15, 0.2) is 0 Å². The molecule has 122 valence electrons. The van der Waals surface area contributed by atoms with Crippen LogP contribution < -0.4 is 5.32 Å². The lowest BCUT2D eigenvalue weighted by Crippen LogP contribution is -2.53. The summed E-state index contributed by atoms with van der Waals surface area (Å²) in [4.78, 5) is 19.5. The summed E-state index contributed by atoms with van der Waals surface area (Å²) < 4.78 is 6.14. The zero-order chi connectivity index (χ0) is 15.6. The summed E-state index contributed by atoms with van der Waals surface area (Å²) in [5.41, 5.74) is 2.57. The van der Waals surface area contributed by atoms with Gasteiger partial charge in [-0.2, -0.15) is 0 Å². The van der Waals surface area contributed by atoms with Crippen LogP contribution in [0.5, 0.6) is 0 Å². The van der Waals surface area contributed by atoms with Crippen molar-refractivity contribution in [2.24, 2.45) is 0 Å². The number of nitrogens with zero attached hydrogens (tertiary/aromatic N) is 2. The maximum atomic E-state index is 12.6. The number of rotatable bonds is 3. The fourth-order valence-corrected chi connectivity index (χ4v) is 4.38. The van der Waals surface area contributed by atoms with E-state index in [0.29, 0.717) is 6.04 Å². The maximum absolute atomic E-state index is 12.6. The quantitative estimate of drug-likeness (QED) is 0.927. The van der Waals surface area contributed by atoms with E-state index in [1.807, 2.05) is 11.8 Å². The Balaban J connectivity index is 1.60. The summed E-state index contributed by atoms with van der Waals surface area (Å²) in [5, 5.41) is 3.55. The normalized spacial score (nSPS) is 24.6. The number of likely N-dealkylation sites (tertiary alicyclic amines) is 1. The number of aryl methyl sites for hydroxylation is 1.